The van der Waals surface area contributed by atoms with Gasteiger partial charge < -0.3 is 0 Å². The van der Waals surface area contributed by atoms with Gasteiger partial charge in [0.05, 0.1) is 0 Å². The lowest BCUT2D eigenvalue weighted by Crippen LogP contribution is -2.14. The maximum atomic E-state index is 11.6. The van der Waals surface area contributed by atoms with E-state index in [1.54, 1.807) is 3.96 Å². The van der Waals surface area contributed by atoms with Crippen LogP contribution in [0.4, 0.5) is 0 Å². The normalized spacial score (nSPS) is 10.6. The van der Waals surface area contributed by atoms with Gasteiger partial charge in [-0.25, -0.2) is 0 Å². The van der Waals surface area contributed by atoms with Crippen LogP contribution < -0.4 is 5.56 Å². The van der Waals surface area contributed by atoms with Gasteiger partial charge in [-0.3, -0.25) is 8.75 Å². The number of aryl methyl sites for hydroxylation is 2. The van der Waals surface area contributed by atoms with Crippen LogP contribution in [0.3, 0.4) is 0 Å². The van der Waals surface area contributed by atoms with E-state index < -0.39 is 0 Å². The van der Waals surface area contributed by atoms with Crippen LogP contribution in [0.15, 0.2) is 35.1 Å². The highest BCUT2D eigenvalue weighted by Crippen LogP contribution is 2.23. The molecule has 5 heteroatoms. The fourth-order valence-corrected chi connectivity index (χ4v) is 2.70. The van der Waals surface area contributed by atoms with E-state index in [1.165, 1.54) is 17.1 Å². The Hall–Kier alpha value is -0.770. The van der Waals surface area contributed by atoms with E-state index in [4.69, 9.17) is 23.2 Å². The number of nitrogens with zero attached hydrogens (tertiary/aromatic N) is 1. The molecule has 0 amide bonds. The molecule has 0 spiro atoms. The lowest BCUT2D eigenvalue weighted by molar-refractivity contribution is 0.734. The summed E-state index contributed by atoms with van der Waals surface area (Å²) in [6.07, 6.45) is 0.800. The maximum absolute atomic E-state index is 11.6. The SMILES string of the molecule is O=c1c(Cl)c(Cl)sn1CCc1ccccc1. The van der Waals surface area contributed by atoms with E-state index in [-0.39, 0.29) is 10.6 Å². The largest absolute Gasteiger partial charge is 0.281 e. The van der Waals surface area contributed by atoms with E-state index >= 15 is 0 Å². The second kappa shape index (κ2) is 5.04. The zero-order valence-corrected chi connectivity index (χ0v) is 10.6. The number of aromatic nitrogens is 1. The van der Waals surface area contributed by atoms with Gasteiger partial charge in [-0.1, -0.05) is 53.5 Å². The molecule has 1 aromatic carbocycles. The van der Waals surface area contributed by atoms with Gasteiger partial charge in [0.1, 0.15) is 9.36 Å². The number of hydrogen-bond donors (Lipinski definition) is 0. The van der Waals surface area contributed by atoms with Crippen molar-refractivity contribution in [1.29, 1.82) is 0 Å². The summed E-state index contributed by atoms with van der Waals surface area (Å²) < 4.78 is 1.94. The van der Waals surface area contributed by atoms with Crippen LogP contribution in [0, 0.1) is 0 Å². The first-order valence-corrected chi connectivity index (χ1v) is 6.30. The van der Waals surface area contributed by atoms with Crippen LogP contribution in [-0.2, 0) is 13.0 Å². The standard InChI is InChI=1S/C11H9Cl2NOS/c12-9-10(13)16-14(11(9)15)7-6-8-4-2-1-3-5-8/h1-5H,6-7H2. The summed E-state index contributed by atoms with van der Waals surface area (Å²) >= 11 is 12.7. The topological polar surface area (TPSA) is 22.0 Å². The maximum Gasteiger partial charge on any atom is 0.281 e. The highest BCUT2D eigenvalue weighted by Gasteiger charge is 2.10. The third-order valence-electron chi connectivity index (χ3n) is 2.22. The van der Waals surface area contributed by atoms with Crippen LogP contribution in [0.25, 0.3) is 0 Å². The van der Waals surface area contributed by atoms with Gasteiger partial charge in [0, 0.05) is 6.54 Å². The second-order valence-electron chi connectivity index (χ2n) is 3.32. The number of rotatable bonds is 3. The number of halogens is 2. The Kier molecular flexibility index (Phi) is 3.69. The summed E-state index contributed by atoms with van der Waals surface area (Å²) in [4.78, 5) is 11.6. The highest BCUT2D eigenvalue weighted by molar-refractivity contribution is 7.11. The first-order valence-electron chi connectivity index (χ1n) is 4.77. The lowest BCUT2D eigenvalue weighted by Gasteiger charge is -2.00. The summed E-state index contributed by atoms with van der Waals surface area (Å²) in [6, 6.07) is 9.98. The van der Waals surface area contributed by atoms with Crippen molar-refractivity contribution in [2.24, 2.45) is 0 Å². The van der Waals surface area contributed by atoms with Gasteiger partial charge in [-0.15, -0.1) is 0 Å². The first kappa shape index (κ1) is 11.7. The molecular weight excluding hydrogens is 265 g/mol. The number of hydrogen-bond acceptors (Lipinski definition) is 2. The minimum absolute atomic E-state index is 0.125. The van der Waals surface area contributed by atoms with E-state index in [0.717, 1.165) is 6.42 Å². The molecule has 2 rings (SSSR count). The molecule has 16 heavy (non-hydrogen) atoms. The van der Waals surface area contributed by atoms with Crippen LogP contribution in [0.1, 0.15) is 5.56 Å². The Morgan fingerprint density at radius 3 is 2.44 bits per heavy atom. The smallest absolute Gasteiger partial charge is 0.267 e. The van der Waals surface area contributed by atoms with Crippen molar-refractivity contribution in [1.82, 2.24) is 3.96 Å². The van der Waals surface area contributed by atoms with Crippen LogP contribution >= 0.6 is 34.7 Å². The summed E-state index contributed by atoms with van der Waals surface area (Å²) in [5.74, 6) is 0. The Labute approximate surface area is 107 Å². The molecule has 0 aliphatic carbocycles. The summed E-state index contributed by atoms with van der Waals surface area (Å²) in [6.45, 7) is 0.611. The van der Waals surface area contributed by atoms with E-state index in [1.807, 2.05) is 30.3 Å². The molecule has 0 bridgehead atoms. The zero-order valence-electron chi connectivity index (χ0n) is 8.32. The first-order chi connectivity index (χ1) is 7.68. The molecule has 0 N–H and O–H groups in total. The molecule has 2 nitrogen and oxygen atoms in total. The third kappa shape index (κ3) is 2.48. The average molecular weight is 274 g/mol. The van der Waals surface area contributed by atoms with Crippen LogP contribution in [-0.4, -0.2) is 3.96 Å². The van der Waals surface area contributed by atoms with Gasteiger partial charge in [0.15, 0.2) is 0 Å². The van der Waals surface area contributed by atoms with Crippen LogP contribution in [0.2, 0.25) is 9.36 Å². The van der Waals surface area contributed by atoms with Crippen molar-refractivity contribution in [3.63, 3.8) is 0 Å². The Morgan fingerprint density at radius 2 is 1.88 bits per heavy atom. The molecule has 0 aliphatic heterocycles. The minimum atomic E-state index is -0.201. The summed E-state index contributed by atoms with van der Waals surface area (Å²) in [5, 5.41) is 0.125. The monoisotopic (exact) mass is 273 g/mol. The highest BCUT2D eigenvalue weighted by atomic mass is 35.5. The molecule has 0 radical (unpaired) electrons. The van der Waals surface area contributed by atoms with Crippen molar-refractivity contribution in [2.45, 2.75) is 13.0 Å². The molecule has 0 unspecified atom stereocenters. The summed E-state index contributed by atoms with van der Waals surface area (Å²) in [7, 11) is 0. The van der Waals surface area contributed by atoms with Crippen molar-refractivity contribution < 1.29 is 0 Å². The molecule has 84 valence electrons. The zero-order chi connectivity index (χ0) is 11.5. The molecule has 0 saturated heterocycles. The van der Waals surface area contributed by atoms with Crippen molar-refractivity contribution in [2.75, 3.05) is 0 Å². The lowest BCUT2D eigenvalue weighted by atomic mass is 10.2. The predicted octanol–water partition coefficient (Wildman–Crippen LogP) is 3.46. The molecule has 0 fully saturated rings. The Bertz CT molecular complexity index is 533. The van der Waals surface area contributed by atoms with Gasteiger partial charge in [0.2, 0.25) is 0 Å². The van der Waals surface area contributed by atoms with Gasteiger partial charge in [0.25, 0.3) is 5.56 Å². The third-order valence-corrected chi connectivity index (χ3v) is 4.11. The fourth-order valence-electron chi connectivity index (χ4n) is 1.39. The summed E-state index contributed by atoms with van der Waals surface area (Å²) in [5.41, 5.74) is 0.989. The van der Waals surface area contributed by atoms with Crippen molar-refractivity contribution >= 4 is 34.7 Å². The van der Waals surface area contributed by atoms with E-state index in [0.29, 0.717) is 10.9 Å². The molecule has 1 heterocycles. The molecular formula is C11H9Cl2NOS. The second-order valence-corrected chi connectivity index (χ2v) is 5.33. The molecule has 0 aliphatic rings. The van der Waals surface area contributed by atoms with Gasteiger partial charge in [-0.05, 0) is 23.5 Å². The fraction of sp³-hybridized carbons (Fsp3) is 0.182. The van der Waals surface area contributed by atoms with Gasteiger partial charge >= 0.3 is 0 Å². The quantitative estimate of drug-likeness (QED) is 0.840. The molecule has 0 atom stereocenters. The molecule has 1 aromatic heterocycles. The van der Waals surface area contributed by atoms with Gasteiger partial charge in [-0.2, -0.15) is 0 Å². The Morgan fingerprint density at radius 1 is 1.19 bits per heavy atom. The number of benzene rings is 1. The molecule has 2 aromatic rings. The van der Waals surface area contributed by atoms with E-state index in [9.17, 15) is 4.79 Å². The predicted molar refractivity (Wildman–Crippen MR) is 68.7 cm³/mol. The molecule has 0 saturated carbocycles. The van der Waals surface area contributed by atoms with Crippen molar-refractivity contribution in [3.8, 4) is 0 Å². The minimum Gasteiger partial charge on any atom is -0.267 e. The Balaban J connectivity index is 2.11. The van der Waals surface area contributed by atoms with Crippen LogP contribution in [0.5, 0.6) is 0 Å². The van der Waals surface area contributed by atoms with Crippen molar-refractivity contribution in [3.05, 3.63) is 55.6 Å². The van der Waals surface area contributed by atoms with E-state index in [2.05, 4.69) is 0 Å². The average Bonchev–Trinajstić information content (AvgIpc) is 2.56.